The fraction of sp³-hybridized carbons (Fsp3) is 0.846. The molecular weight excluding hydrogens is 230 g/mol. The molecule has 3 nitrogen and oxygen atoms in total. The Kier molecular flexibility index (Phi) is 6.66. The molecule has 0 bridgehead atoms. The number of hydrogen-bond donors (Lipinski definition) is 1. The summed E-state index contributed by atoms with van der Waals surface area (Å²) < 4.78 is 0. The fourth-order valence-corrected chi connectivity index (χ4v) is 2.66. The molecule has 2 atom stereocenters. The summed E-state index contributed by atoms with van der Waals surface area (Å²) in [7, 11) is 0. The van der Waals surface area contributed by atoms with Gasteiger partial charge in [0.25, 0.3) is 0 Å². The van der Waals surface area contributed by atoms with E-state index in [-0.39, 0.29) is 0 Å². The Bertz CT molecular complexity index is 283. The van der Waals surface area contributed by atoms with Crippen molar-refractivity contribution < 1.29 is 0 Å². The highest BCUT2D eigenvalue weighted by molar-refractivity contribution is 7.11. The molecule has 0 amide bonds. The van der Waals surface area contributed by atoms with Crippen molar-refractivity contribution in [2.45, 2.75) is 65.3 Å². The smallest absolute Gasteiger partial charge is 0.134 e. The predicted molar refractivity (Wildman–Crippen MR) is 74.6 cm³/mol. The van der Waals surface area contributed by atoms with E-state index in [2.05, 4.69) is 43.2 Å². The first kappa shape index (κ1) is 14.6. The zero-order chi connectivity index (χ0) is 12.7. The van der Waals surface area contributed by atoms with Crippen LogP contribution in [0, 0.1) is 0 Å². The van der Waals surface area contributed by atoms with E-state index in [4.69, 9.17) is 0 Å². The van der Waals surface area contributed by atoms with E-state index in [9.17, 15) is 0 Å². The molecule has 1 aromatic heterocycles. The van der Waals surface area contributed by atoms with Gasteiger partial charge in [0.15, 0.2) is 0 Å². The molecule has 1 N–H and O–H groups in total. The topological polar surface area (TPSA) is 37.8 Å². The molecule has 98 valence electrons. The van der Waals surface area contributed by atoms with Crippen LogP contribution in [0.15, 0.2) is 0 Å². The Morgan fingerprint density at radius 3 is 2.47 bits per heavy atom. The molecule has 0 fully saturated rings. The zero-order valence-corrected chi connectivity index (χ0v) is 12.3. The zero-order valence-electron chi connectivity index (χ0n) is 11.5. The van der Waals surface area contributed by atoms with Crippen molar-refractivity contribution in [1.82, 2.24) is 15.5 Å². The Balaban J connectivity index is 2.51. The minimum Gasteiger partial charge on any atom is -0.308 e. The quantitative estimate of drug-likeness (QED) is 0.765. The van der Waals surface area contributed by atoms with Gasteiger partial charge >= 0.3 is 0 Å². The lowest BCUT2D eigenvalue weighted by Gasteiger charge is -2.08. The first-order chi connectivity index (χ1) is 8.19. The maximum atomic E-state index is 4.33. The van der Waals surface area contributed by atoms with Gasteiger partial charge in [0.1, 0.15) is 10.0 Å². The second-order valence-electron chi connectivity index (χ2n) is 4.70. The van der Waals surface area contributed by atoms with Gasteiger partial charge < -0.3 is 5.32 Å². The van der Waals surface area contributed by atoms with Gasteiger partial charge in [-0.25, -0.2) is 0 Å². The summed E-state index contributed by atoms with van der Waals surface area (Å²) in [4.78, 5) is 0. The highest BCUT2D eigenvalue weighted by atomic mass is 32.1. The predicted octanol–water partition coefficient (Wildman–Crippen LogP) is 3.89. The SMILES string of the molecule is CCCCC(C)c1nnc(C(C)NCCC)s1. The highest BCUT2D eigenvalue weighted by Crippen LogP contribution is 2.27. The van der Waals surface area contributed by atoms with Crippen LogP contribution < -0.4 is 5.32 Å². The number of rotatable bonds is 8. The van der Waals surface area contributed by atoms with Gasteiger partial charge in [-0.3, -0.25) is 0 Å². The van der Waals surface area contributed by atoms with Crippen molar-refractivity contribution in [3.63, 3.8) is 0 Å². The monoisotopic (exact) mass is 255 g/mol. The summed E-state index contributed by atoms with van der Waals surface area (Å²) in [6.45, 7) is 9.87. The molecule has 0 aliphatic rings. The van der Waals surface area contributed by atoms with Crippen LogP contribution in [0.2, 0.25) is 0 Å². The average Bonchev–Trinajstić information content (AvgIpc) is 2.82. The average molecular weight is 255 g/mol. The molecule has 2 unspecified atom stereocenters. The molecule has 1 aromatic rings. The molecular formula is C13H25N3S. The van der Waals surface area contributed by atoms with Crippen molar-refractivity contribution in [3.05, 3.63) is 10.0 Å². The van der Waals surface area contributed by atoms with Gasteiger partial charge in [-0.05, 0) is 26.3 Å². The van der Waals surface area contributed by atoms with Crippen molar-refractivity contribution in [3.8, 4) is 0 Å². The lowest BCUT2D eigenvalue weighted by Crippen LogP contribution is -2.19. The second-order valence-corrected chi connectivity index (χ2v) is 5.74. The lowest BCUT2D eigenvalue weighted by molar-refractivity contribution is 0.563. The van der Waals surface area contributed by atoms with Gasteiger partial charge in [-0.15, -0.1) is 10.2 Å². The maximum absolute atomic E-state index is 4.33. The summed E-state index contributed by atoms with van der Waals surface area (Å²) in [5, 5.41) is 14.4. The van der Waals surface area contributed by atoms with Crippen molar-refractivity contribution >= 4 is 11.3 Å². The van der Waals surface area contributed by atoms with Gasteiger partial charge in [0, 0.05) is 5.92 Å². The molecule has 0 spiro atoms. The van der Waals surface area contributed by atoms with Crippen LogP contribution in [0.3, 0.4) is 0 Å². The molecule has 17 heavy (non-hydrogen) atoms. The van der Waals surface area contributed by atoms with E-state index in [1.165, 1.54) is 24.3 Å². The lowest BCUT2D eigenvalue weighted by atomic mass is 10.1. The molecule has 0 aromatic carbocycles. The van der Waals surface area contributed by atoms with Crippen LogP contribution in [0.25, 0.3) is 0 Å². The number of hydrogen-bond acceptors (Lipinski definition) is 4. The van der Waals surface area contributed by atoms with Crippen molar-refractivity contribution in [1.29, 1.82) is 0 Å². The summed E-state index contributed by atoms with van der Waals surface area (Å²) in [6, 6.07) is 0.333. The largest absolute Gasteiger partial charge is 0.308 e. The third kappa shape index (κ3) is 4.72. The van der Waals surface area contributed by atoms with Crippen LogP contribution in [0.4, 0.5) is 0 Å². The molecule has 0 saturated heterocycles. The molecule has 0 radical (unpaired) electrons. The van der Waals surface area contributed by atoms with E-state index >= 15 is 0 Å². The van der Waals surface area contributed by atoms with E-state index in [1.54, 1.807) is 11.3 Å². The van der Waals surface area contributed by atoms with Gasteiger partial charge in [-0.2, -0.15) is 0 Å². The van der Waals surface area contributed by atoms with E-state index in [0.717, 1.165) is 18.0 Å². The molecule has 0 saturated carbocycles. The maximum Gasteiger partial charge on any atom is 0.134 e. The Morgan fingerprint density at radius 1 is 1.12 bits per heavy atom. The number of nitrogens with one attached hydrogen (secondary N) is 1. The third-order valence-electron chi connectivity index (χ3n) is 2.94. The Morgan fingerprint density at radius 2 is 1.82 bits per heavy atom. The summed E-state index contributed by atoms with van der Waals surface area (Å²) >= 11 is 1.77. The first-order valence-electron chi connectivity index (χ1n) is 6.75. The van der Waals surface area contributed by atoms with Crippen molar-refractivity contribution in [2.24, 2.45) is 0 Å². The molecule has 4 heteroatoms. The van der Waals surface area contributed by atoms with E-state index in [0.29, 0.717) is 12.0 Å². The standard InChI is InChI=1S/C13H25N3S/c1-5-7-8-10(3)12-15-16-13(17-12)11(4)14-9-6-2/h10-11,14H,5-9H2,1-4H3. The van der Waals surface area contributed by atoms with Gasteiger partial charge in [0.05, 0.1) is 6.04 Å². The molecule has 0 aliphatic heterocycles. The molecule has 0 aliphatic carbocycles. The van der Waals surface area contributed by atoms with E-state index < -0.39 is 0 Å². The second kappa shape index (κ2) is 7.77. The Labute approximate surface area is 109 Å². The first-order valence-corrected chi connectivity index (χ1v) is 7.57. The summed E-state index contributed by atoms with van der Waals surface area (Å²) in [6.07, 6.45) is 4.91. The normalized spacial score (nSPS) is 14.8. The van der Waals surface area contributed by atoms with Gasteiger partial charge in [-0.1, -0.05) is 44.9 Å². The Hall–Kier alpha value is -0.480. The number of nitrogens with zero attached hydrogens (tertiary/aromatic N) is 2. The minimum atomic E-state index is 0.333. The summed E-state index contributed by atoms with van der Waals surface area (Å²) in [5.74, 6) is 0.555. The number of unbranched alkanes of at least 4 members (excludes halogenated alkanes) is 1. The fourth-order valence-electron chi connectivity index (χ4n) is 1.70. The van der Waals surface area contributed by atoms with Crippen molar-refractivity contribution in [2.75, 3.05) is 6.54 Å². The molecule has 1 heterocycles. The minimum absolute atomic E-state index is 0.333. The van der Waals surface area contributed by atoms with E-state index in [1.807, 2.05) is 0 Å². The van der Waals surface area contributed by atoms with Crippen LogP contribution in [0.5, 0.6) is 0 Å². The van der Waals surface area contributed by atoms with Crippen LogP contribution in [0.1, 0.15) is 75.4 Å². The van der Waals surface area contributed by atoms with Gasteiger partial charge in [0.2, 0.25) is 0 Å². The number of aromatic nitrogens is 2. The highest BCUT2D eigenvalue weighted by Gasteiger charge is 2.15. The molecule has 1 rings (SSSR count). The van der Waals surface area contributed by atoms with Crippen LogP contribution in [-0.2, 0) is 0 Å². The third-order valence-corrected chi connectivity index (χ3v) is 4.28. The summed E-state index contributed by atoms with van der Waals surface area (Å²) in [5.41, 5.74) is 0. The van der Waals surface area contributed by atoms with Crippen LogP contribution >= 0.6 is 11.3 Å². The van der Waals surface area contributed by atoms with Crippen LogP contribution in [-0.4, -0.2) is 16.7 Å².